The van der Waals surface area contributed by atoms with Gasteiger partial charge >= 0.3 is 0 Å². The molecule has 1 aromatic heterocycles. The number of nitrogens with one attached hydrogen (secondary N) is 1. The van der Waals surface area contributed by atoms with Crippen molar-refractivity contribution in [2.24, 2.45) is 5.92 Å². The number of piperidine rings is 1. The van der Waals surface area contributed by atoms with Gasteiger partial charge in [0.1, 0.15) is 0 Å². The molecule has 0 amide bonds. The highest BCUT2D eigenvalue weighted by Crippen LogP contribution is 2.13. The summed E-state index contributed by atoms with van der Waals surface area (Å²) in [5, 5.41) is 3.49. The molecule has 1 atom stereocenters. The molecule has 1 fully saturated rings. The van der Waals surface area contributed by atoms with Crippen LogP contribution in [0.15, 0.2) is 18.2 Å². The second-order valence-corrected chi connectivity index (χ2v) is 5.31. The van der Waals surface area contributed by atoms with E-state index < -0.39 is 0 Å². The molecule has 2 heterocycles. The highest BCUT2D eigenvalue weighted by Gasteiger charge is 2.16. The van der Waals surface area contributed by atoms with Crippen molar-refractivity contribution in [3.8, 4) is 0 Å². The summed E-state index contributed by atoms with van der Waals surface area (Å²) in [6.07, 6.45) is 2.69. The van der Waals surface area contributed by atoms with E-state index in [1.807, 2.05) is 0 Å². The zero-order valence-electron chi connectivity index (χ0n) is 11.7. The van der Waals surface area contributed by atoms with Gasteiger partial charge in [0.25, 0.3) is 0 Å². The summed E-state index contributed by atoms with van der Waals surface area (Å²) in [5.74, 6) is 0.809. The maximum atomic E-state index is 4.60. The summed E-state index contributed by atoms with van der Waals surface area (Å²) in [6.45, 7) is 9.95. The number of aryl methyl sites for hydroxylation is 1. The number of nitrogens with zero attached hydrogens (tertiary/aromatic N) is 2. The van der Waals surface area contributed by atoms with E-state index in [0.29, 0.717) is 0 Å². The lowest BCUT2D eigenvalue weighted by Crippen LogP contribution is -2.38. The molecule has 1 unspecified atom stereocenters. The van der Waals surface area contributed by atoms with E-state index in [-0.39, 0.29) is 0 Å². The zero-order chi connectivity index (χ0) is 12.8. The molecule has 18 heavy (non-hydrogen) atoms. The number of rotatable bonds is 5. The fraction of sp³-hybridized carbons (Fsp3) is 0.667. The Morgan fingerprint density at radius 2 is 2.33 bits per heavy atom. The van der Waals surface area contributed by atoms with E-state index in [9.17, 15) is 0 Å². The molecule has 0 aliphatic carbocycles. The van der Waals surface area contributed by atoms with Crippen molar-refractivity contribution in [2.45, 2.75) is 33.2 Å². The molecule has 1 aliphatic heterocycles. The van der Waals surface area contributed by atoms with Crippen LogP contribution in [0.2, 0.25) is 0 Å². The van der Waals surface area contributed by atoms with Gasteiger partial charge in [-0.3, -0.25) is 9.88 Å². The molecule has 100 valence electrons. The number of pyridine rings is 1. The summed E-state index contributed by atoms with van der Waals surface area (Å²) in [4.78, 5) is 7.11. The summed E-state index contributed by atoms with van der Waals surface area (Å²) in [5.41, 5.74) is 2.31. The Labute approximate surface area is 111 Å². The molecule has 1 saturated heterocycles. The molecule has 3 heteroatoms. The van der Waals surface area contributed by atoms with Crippen LogP contribution >= 0.6 is 0 Å². The highest BCUT2D eigenvalue weighted by molar-refractivity contribution is 5.09. The molecule has 1 N–H and O–H groups in total. The van der Waals surface area contributed by atoms with Gasteiger partial charge in [-0.15, -0.1) is 0 Å². The van der Waals surface area contributed by atoms with Gasteiger partial charge in [-0.25, -0.2) is 0 Å². The Hall–Kier alpha value is -0.930. The maximum Gasteiger partial charge on any atom is 0.0547 e. The Kier molecular flexibility index (Phi) is 5.14. The first-order valence-electron chi connectivity index (χ1n) is 7.13. The minimum Gasteiger partial charge on any atom is -0.316 e. The van der Waals surface area contributed by atoms with Gasteiger partial charge in [0.15, 0.2) is 0 Å². The lowest BCUT2D eigenvalue weighted by Gasteiger charge is -2.29. The SMILES string of the molecule is CCN(Cc1cccc(C)n1)CC1CCCNC1. The van der Waals surface area contributed by atoms with Crippen molar-refractivity contribution in [1.29, 1.82) is 0 Å². The topological polar surface area (TPSA) is 28.2 Å². The smallest absolute Gasteiger partial charge is 0.0547 e. The van der Waals surface area contributed by atoms with Gasteiger partial charge in [-0.2, -0.15) is 0 Å². The van der Waals surface area contributed by atoms with Crippen LogP contribution in [-0.2, 0) is 6.54 Å². The van der Waals surface area contributed by atoms with Crippen molar-refractivity contribution in [2.75, 3.05) is 26.2 Å². The second-order valence-electron chi connectivity index (χ2n) is 5.31. The molecular formula is C15H25N3. The largest absolute Gasteiger partial charge is 0.316 e. The number of hydrogen-bond donors (Lipinski definition) is 1. The average molecular weight is 247 g/mol. The van der Waals surface area contributed by atoms with E-state index in [1.54, 1.807) is 0 Å². The third-order valence-electron chi connectivity index (χ3n) is 3.69. The van der Waals surface area contributed by atoms with Gasteiger partial charge < -0.3 is 5.32 Å². The van der Waals surface area contributed by atoms with E-state index >= 15 is 0 Å². The first kappa shape index (κ1) is 13.5. The molecule has 0 radical (unpaired) electrons. The fourth-order valence-electron chi connectivity index (χ4n) is 2.67. The van der Waals surface area contributed by atoms with Crippen molar-refractivity contribution in [1.82, 2.24) is 15.2 Å². The van der Waals surface area contributed by atoms with E-state index in [4.69, 9.17) is 0 Å². The molecule has 0 aromatic carbocycles. The van der Waals surface area contributed by atoms with Gasteiger partial charge in [0.05, 0.1) is 5.69 Å². The Morgan fingerprint density at radius 1 is 1.44 bits per heavy atom. The molecule has 0 saturated carbocycles. The first-order chi connectivity index (χ1) is 8.78. The normalized spacial score (nSPS) is 20.3. The van der Waals surface area contributed by atoms with Crippen LogP contribution in [-0.4, -0.2) is 36.1 Å². The van der Waals surface area contributed by atoms with Crippen molar-refractivity contribution < 1.29 is 0 Å². The Morgan fingerprint density at radius 3 is 3.00 bits per heavy atom. The summed E-state index contributed by atoms with van der Waals surface area (Å²) in [6, 6.07) is 6.30. The summed E-state index contributed by atoms with van der Waals surface area (Å²) < 4.78 is 0. The van der Waals surface area contributed by atoms with Crippen LogP contribution in [0.1, 0.15) is 31.2 Å². The van der Waals surface area contributed by atoms with Crippen molar-refractivity contribution >= 4 is 0 Å². The van der Waals surface area contributed by atoms with Gasteiger partial charge in [-0.05, 0) is 57.5 Å². The standard InChI is InChI=1S/C15H25N3/c1-3-18(11-14-7-5-9-16-10-14)12-15-8-4-6-13(2)17-15/h4,6,8,14,16H,3,5,7,9-12H2,1-2H3. The fourth-order valence-corrected chi connectivity index (χ4v) is 2.67. The molecule has 3 nitrogen and oxygen atoms in total. The third kappa shape index (κ3) is 4.07. The molecule has 1 aromatic rings. The van der Waals surface area contributed by atoms with E-state index in [0.717, 1.165) is 24.7 Å². The minimum atomic E-state index is 0.809. The third-order valence-corrected chi connectivity index (χ3v) is 3.69. The van der Waals surface area contributed by atoms with Crippen LogP contribution in [0.4, 0.5) is 0 Å². The highest BCUT2D eigenvalue weighted by atomic mass is 15.1. The number of hydrogen-bond acceptors (Lipinski definition) is 3. The average Bonchev–Trinajstić information content (AvgIpc) is 2.39. The van der Waals surface area contributed by atoms with E-state index in [1.165, 1.54) is 38.2 Å². The monoisotopic (exact) mass is 247 g/mol. The molecule has 1 aliphatic rings. The lowest BCUT2D eigenvalue weighted by molar-refractivity contribution is 0.208. The van der Waals surface area contributed by atoms with Crippen LogP contribution in [0.25, 0.3) is 0 Å². The van der Waals surface area contributed by atoms with E-state index in [2.05, 4.69) is 47.2 Å². The Bertz CT molecular complexity index is 359. The molecule has 0 spiro atoms. The molecular weight excluding hydrogens is 222 g/mol. The van der Waals surface area contributed by atoms with Crippen LogP contribution in [0.5, 0.6) is 0 Å². The summed E-state index contributed by atoms with van der Waals surface area (Å²) in [7, 11) is 0. The second kappa shape index (κ2) is 6.86. The maximum absolute atomic E-state index is 4.60. The quantitative estimate of drug-likeness (QED) is 0.864. The Balaban J connectivity index is 1.88. The number of aromatic nitrogens is 1. The zero-order valence-corrected chi connectivity index (χ0v) is 11.7. The molecule has 2 rings (SSSR count). The van der Waals surface area contributed by atoms with Crippen molar-refractivity contribution in [3.63, 3.8) is 0 Å². The first-order valence-corrected chi connectivity index (χ1v) is 7.13. The lowest BCUT2D eigenvalue weighted by atomic mass is 9.99. The van der Waals surface area contributed by atoms with Crippen LogP contribution < -0.4 is 5.32 Å². The molecule has 0 bridgehead atoms. The predicted octanol–water partition coefficient (Wildman–Crippen LogP) is 2.21. The van der Waals surface area contributed by atoms with Crippen LogP contribution in [0.3, 0.4) is 0 Å². The van der Waals surface area contributed by atoms with Crippen molar-refractivity contribution in [3.05, 3.63) is 29.6 Å². The van der Waals surface area contributed by atoms with Crippen LogP contribution in [0, 0.1) is 12.8 Å². The van der Waals surface area contributed by atoms with Gasteiger partial charge in [-0.1, -0.05) is 13.0 Å². The predicted molar refractivity (Wildman–Crippen MR) is 75.5 cm³/mol. The minimum absolute atomic E-state index is 0.809. The van der Waals surface area contributed by atoms with Gasteiger partial charge in [0, 0.05) is 18.8 Å². The summed E-state index contributed by atoms with van der Waals surface area (Å²) >= 11 is 0. The van der Waals surface area contributed by atoms with Gasteiger partial charge in [0.2, 0.25) is 0 Å².